The Morgan fingerprint density at radius 1 is 0.756 bits per heavy atom. The van der Waals surface area contributed by atoms with Gasteiger partial charge in [-0.3, -0.25) is 0 Å². The van der Waals surface area contributed by atoms with Crippen molar-refractivity contribution in [3.63, 3.8) is 0 Å². The van der Waals surface area contributed by atoms with Gasteiger partial charge in [-0.25, -0.2) is 0 Å². The minimum absolute atomic E-state index is 0.0828. The number of fused-ring (bicyclic) bond motifs is 3. The molecule has 0 bridgehead atoms. The van der Waals surface area contributed by atoms with Crippen molar-refractivity contribution in [2.45, 2.75) is 85.0 Å². The van der Waals surface area contributed by atoms with Crippen LogP contribution in [0.3, 0.4) is 0 Å². The van der Waals surface area contributed by atoms with Gasteiger partial charge < -0.3 is 4.74 Å². The lowest BCUT2D eigenvalue weighted by atomic mass is 9.70. The maximum atomic E-state index is 6.41. The van der Waals surface area contributed by atoms with Crippen molar-refractivity contribution in [2.24, 2.45) is 5.92 Å². The second kappa shape index (κ2) is 13.3. The van der Waals surface area contributed by atoms with Gasteiger partial charge >= 0.3 is 0 Å². The highest BCUT2D eigenvalue weighted by molar-refractivity contribution is 7.18. The topological polar surface area (TPSA) is 9.23 Å². The zero-order valence-corrected chi connectivity index (χ0v) is 26.5. The summed E-state index contributed by atoms with van der Waals surface area (Å²) in [6.45, 7) is 12.1. The van der Waals surface area contributed by atoms with Crippen LogP contribution < -0.4 is 4.74 Å². The molecule has 0 fully saturated rings. The average molecular weight is 563 g/mol. The minimum Gasteiger partial charge on any atom is -0.493 e. The van der Waals surface area contributed by atoms with Gasteiger partial charge in [-0.1, -0.05) is 99.9 Å². The van der Waals surface area contributed by atoms with Crippen LogP contribution in [0.5, 0.6) is 5.75 Å². The lowest BCUT2D eigenvalue weighted by molar-refractivity contribution is 0.280. The molecule has 5 rings (SSSR count). The van der Waals surface area contributed by atoms with Crippen LogP contribution in [0.25, 0.3) is 32.0 Å². The molecule has 214 valence electrons. The summed E-state index contributed by atoms with van der Waals surface area (Å²) < 4.78 is 6.41. The Kier molecular flexibility index (Phi) is 9.50. The molecule has 3 aromatic carbocycles. The Labute approximate surface area is 252 Å². The SMILES string of the molecule is CCCC1(CCC)c2ccccc2-c2cccc(-c3ccc(-c4ccccc4OCCC(C)CCC=C(C)C)s3)c21. The maximum Gasteiger partial charge on any atom is 0.127 e. The highest BCUT2D eigenvalue weighted by Gasteiger charge is 2.43. The fraction of sp³-hybridized carbons (Fsp3) is 0.385. The summed E-state index contributed by atoms with van der Waals surface area (Å²) in [7, 11) is 0. The molecule has 1 unspecified atom stereocenters. The van der Waals surface area contributed by atoms with E-state index in [0.29, 0.717) is 5.92 Å². The van der Waals surface area contributed by atoms with Crippen LogP contribution >= 0.6 is 11.3 Å². The van der Waals surface area contributed by atoms with Crippen LogP contribution in [0.4, 0.5) is 0 Å². The van der Waals surface area contributed by atoms with Gasteiger partial charge in [0.2, 0.25) is 0 Å². The van der Waals surface area contributed by atoms with Crippen LogP contribution in [0.15, 0.2) is 90.5 Å². The van der Waals surface area contributed by atoms with Crippen LogP contribution in [0.1, 0.15) is 90.7 Å². The first-order valence-corrected chi connectivity index (χ1v) is 16.5. The number of ether oxygens (including phenoxy) is 1. The summed E-state index contributed by atoms with van der Waals surface area (Å²) in [6, 6.07) is 29.3. The van der Waals surface area contributed by atoms with Crippen LogP contribution in [0.2, 0.25) is 0 Å². The fourth-order valence-electron chi connectivity index (χ4n) is 6.86. The fourth-order valence-corrected chi connectivity index (χ4v) is 7.93. The van der Waals surface area contributed by atoms with E-state index in [4.69, 9.17) is 4.74 Å². The molecule has 1 aliphatic rings. The number of rotatable bonds is 13. The molecule has 2 heteroatoms. The molecule has 0 amide bonds. The summed E-state index contributed by atoms with van der Waals surface area (Å²) >= 11 is 1.90. The molecule has 0 saturated carbocycles. The van der Waals surface area contributed by atoms with Gasteiger partial charge in [0.15, 0.2) is 0 Å². The molecular weight excluding hydrogens is 516 g/mol. The van der Waals surface area contributed by atoms with E-state index in [-0.39, 0.29) is 5.41 Å². The number of allylic oxidation sites excluding steroid dienone is 2. The molecule has 1 aliphatic carbocycles. The van der Waals surface area contributed by atoms with Gasteiger partial charge in [-0.05, 0) is 104 Å². The van der Waals surface area contributed by atoms with Crippen molar-refractivity contribution in [3.8, 4) is 37.8 Å². The molecule has 0 aliphatic heterocycles. The van der Waals surface area contributed by atoms with E-state index in [9.17, 15) is 0 Å². The quantitative estimate of drug-likeness (QED) is 0.147. The summed E-state index contributed by atoms with van der Waals surface area (Å²) in [5.74, 6) is 1.65. The van der Waals surface area contributed by atoms with Gasteiger partial charge in [-0.15, -0.1) is 11.3 Å². The van der Waals surface area contributed by atoms with E-state index in [1.54, 1.807) is 5.56 Å². The van der Waals surface area contributed by atoms with Crippen molar-refractivity contribution >= 4 is 11.3 Å². The van der Waals surface area contributed by atoms with E-state index in [1.807, 2.05) is 11.3 Å². The first kappa shape index (κ1) is 29.4. The second-order valence-electron chi connectivity index (χ2n) is 12.1. The predicted molar refractivity (Wildman–Crippen MR) is 179 cm³/mol. The van der Waals surface area contributed by atoms with Crippen molar-refractivity contribution in [2.75, 3.05) is 6.61 Å². The minimum atomic E-state index is 0.0828. The highest BCUT2D eigenvalue weighted by atomic mass is 32.1. The molecular formula is C39H46OS. The van der Waals surface area contributed by atoms with Gasteiger partial charge in [0.05, 0.1) is 6.61 Å². The highest BCUT2D eigenvalue weighted by Crippen LogP contribution is 2.57. The van der Waals surface area contributed by atoms with Crippen LogP contribution in [-0.2, 0) is 5.41 Å². The smallest absolute Gasteiger partial charge is 0.127 e. The van der Waals surface area contributed by atoms with E-state index in [0.717, 1.165) is 25.2 Å². The van der Waals surface area contributed by atoms with Crippen molar-refractivity contribution in [1.82, 2.24) is 0 Å². The standard InChI is InChI=1S/C39H46OS/c1-6-25-39(26-7-2)34-20-10-8-16-30(34)31-18-13-19-33(38(31)39)37-23-22-36(41-37)32-17-9-11-21-35(32)40-27-24-29(5)15-12-14-28(3)4/h8-11,13-14,16-23,29H,6-7,12,15,24-27H2,1-5H3. The van der Waals surface area contributed by atoms with E-state index < -0.39 is 0 Å². The van der Waals surface area contributed by atoms with Crippen molar-refractivity contribution in [3.05, 3.63) is 102 Å². The molecule has 4 aromatic rings. The third-order valence-electron chi connectivity index (χ3n) is 8.73. The van der Waals surface area contributed by atoms with Gasteiger partial charge in [0.25, 0.3) is 0 Å². The first-order chi connectivity index (χ1) is 20.0. The number of hydrogen-bond acceptors (Lipinski definition) is 2. The summed E-state index contributed by atoms with van der Waals surface area (Å²) in [5.41, 5.74) is 10.0. The number of thiophene rings is 1. The lowest BCUT2D eigenvalue weighted by Crippen LogP contribution is -2.25. The van der Waals surface area contributed by atoms with E-state index in [2.05, 4.69) is 120 Å². The molecule has 1 aromatic heterocycles. The Balaban J connectivity index is 1.43. The van der Waals surface area contributed by atoms with Gasteiger partial charge in [0, 0.05) is 20.7 Å². The molecule has 0 radical (unpaired) electrons. The summed E-state index contributed by atoms with van der Waals surface area (Å²) in [5, 5.41) is 0. The van der Waals surface area contributed by atoms with Gasteiger partial charge in [-0.2, -0.15) is 0 Å². The van der Waals surface area contributed by atoms with Crippen molar-refractivity contribution < 1.29 is 4.74 Å². The monoisotopic (exact) mass is 562 g/mol. The normalized spacial score (nSPS) is 13.9. The maximum absolute atomic E-state index is 6.41. The third kappa shape index (κ3) is 6.09. The zero-order valence-electron chi connectivity index (χ0n) is 25.6. The molecule has 1 heterocycles. The number of para-hydroxylation sites is 1. The summed E-state index contributed by atoms with van der Waals surface area (Å²) in [6.07, 6.45) is 10.5. The number of hydrogen-bond donors (Lipinski definition) is 0. The Hall–Kier alpha value is -3.10. The molecule has 1 nitrogen and oxygen atoms in total. The predicted octanol–water partition coefficient (Wildman–Crippen LogP) is 12.1. The summed E-state index contributed by atoms with van der Waals surface area (Å²) in [4.78, 5) is 2.63. The van der Waals surface area contributed by atoms with Crippen molar-refractivity contribution in [1.29, 1.82) is 0 Å². The number of benzene rings is 3. The Bertz CT molecular complexity index is 1480. The van der Waals surface area contributed by atoms with Crippen LogP contribution in [0, 0.1) is 5.92 Å². The van der Waals surface area contributed by atoms with E-state index in [1.165, 1.54) is 75.2 Å². The Morgan fingerprint density at radius 3 is 2.12 bits per heavy atom. The largest absolute Gasteiger partial charge is 0.493 e. The zero-order chi connectivity index (χ0) is 28.8. The Morgan fingerprint density at radius 2 is 1.39 bits per heavy atom. The first-order valence-electron chi connectivity index (χ1n) is 15.7. The molecule has 0 spiro atoms. The van der Waals surface area contributed by atoms with Crippen LogP contribution in [-0.4, -0.2) is 6.61 Å². The molecule has 1 atom stereocenters. The second-order valence-corrected chi connectivity index (χ2v) is 13.2. The van der Waals surface area contributed by atoms with E-state index >= 15 is 0 Å². The van der Waals surface area contributed by atoms with Gasteiger partial charge in [0.1, 0.15) is 5.75 Å². The average Bonchev–Trinajstić information content (AvgIpc) is 3.56. The molecule has 0 saturated heterocycles. The molecule has 41 heavy (non-hydrogen) atoms. The third-order valence-corrected chi connectivity index (χ3v) is 9.89. The molecule has 0 N–H and O–H groups in total. The lowest BCUT2D eigenvalue weighted by Gasteiger charge is -2.33.